The van der Waals surface area contributed by atoms with Gasteiger partial charge in [-0.15, -0.1) is 0 Å². The van der Waals surface area contributed by atoms with E-state index in [-0.39, 0.29) is 11.5 Å². The Balaban J connectivity index is 2.43. The maximum atomic E-state index is 10.9. The summed E-state index contributed by atoms with van der Waals surface area (Å²) in [5, 5.41) is 4.16. The average molecular weight is 266 g/mol. The van der Waals surface area contributed by atoms with Gasteiger partial charge in [-0.1, -0.05) is 16.9 Å². The van der Waals surface area contributed by atoms with E-state index in [1.165, 1.54) is 11.8 Å². The molecule has 1 heterocycles. The van der Waals surface area contributed by atoms with E-state index in [4.69, 9.17) is 10.5 Å². The summed E-state index contributed by atoms with van der Waals surface area (Å²) in [6.07, 6.45) is 1.15. The quantitative estimate of drug-likeness (QED) is 0.595. The number of rotatable bonds is 4. The van der Waals surface area contributed by atoms with E-state index in [1.807, 2.05) is 0 Å². The second-order valence-electron chi connectivity index (χ2n) is 3.23. The molecule has 1 fully saturated rings. The van der Waals surface area contributed by atoms with Crippen LogP contribution in [0.1, 0.15) is 13.3 Å². The maximum Gasteiger partial charge on any atom is 0.430 e. The first-order valence-electron chi connectivity index (χ1n) is 4.65. The Labute approximate surface area is 100 Å². The van der Waals surface area contributed by atoms with Gasteiger partial charge in [0.05, 0.1) is 0 Å². The predicted octanol–water partition coefficient (Wildman–Crippen LogP) is 0.642. The van der Waals surface area contributed by atoms with Crippen molar-refractivity contribution in [2.75, 3.05) is 12.0 Å². The third-order valence-electron chi connectivity index (χ3n) is 1.82. The van der Waals surface area contributed by atoms with Crippen molar-refractivity contribution >= 4 is 33.7 Å². The van der Waals surface area contributed by atoms with Crippen LogP contribution in [0, 0.1) is 0 Å². The number of amides is 1. The van der Waals surface area contributed by atoms with Crippen molar-refractivity contribution in [2.24, 2.45) is 10.9 Å². The highest BCUT2D eigenvalue weighted by atomic mass is 32.2. The summed E-state index contributed by atoms with van der Waals surface area (Å²) in [6, 6.07) is 0. The topological polar surface area (TPSA) is 91.0 Å². The Morgan fingerprint density at radius 3 is 3.00 bits per heavy atom. The second kappa shape index (κ2) is 6.21. The van der Waals surface area contributed by atoms with Crippen molar-refractivity contribution < 1.29 is 18.6 Å². The number of carbonyl (C=O) groups excluding carboxylic acids is 1. The molecule has 0 aromatic rings. The van der Waals surface area contributed by atoms with Gasteiger partial charge >= 0.3 is 6.09 Å². The molecule has 1 aliphatic heterocycles. The number of ether oxygens (including phenoxy) is 1. The van der Waals surface area contributed by atoms with Gasteiger partial charge < -0.3 is 10.5 Å². The molecule has 8 heteroatoms. The first-order valence-corrected chi connectivity index (χ1v) is 7.26. The number of thioether (sulfide) groups is 1. The van der Waals surface area contributed by atoms with Gasteiger partial charge in [0.2, 0.25) is 0 Å². The number of nitrogens with two attached hydrogens (primary N) is 1. The van der Waals surface area contributed by atoms with E-state index in [0.29, 0.717) is 17.2 Å². The van der Waals surface area contributed by atoms with Gasteiger partial charge in [-0.05, 0) is 13.3 Å². The van der Waals surface area contributed by atoms with Crippen LogP contribution in [0.15, 0.2) is 5.16 Å². The molecule has 0 aliphatic carbocycles. The Kier molecular flexibility index (Phi) is 5.23. The molecule has 1 amide bonds. The smallest absolute Gasteiger partial charge is 0.357 e. The molecule has 2 N–H and O–H groups in total. The van der Waals surface area contributed by atoms with Gasteiger partial charge in [0, 0.05) is 22.8 Å². The molecule has 0 bridgehead atoms. The zero-order valence-electron chi connectivity index (χ0n) is 9.04. The minimum Gasteiger partial charge on any atom is -0.357 e. The Hall–Kier alpha value is -0.600. The number of hydrogen-bond donors (Lipinski definition) is 1. The molecule has 16 heavy (non-hydrogen) atoms. The highest BCUT2D eigenvalue weighted by Gasteiger charge is 2.30. The minimum atomic E-state index is -0.946. The molecule has 1 rings (SSSR count). The van der Waals surface area contributed by atoms with Crippen LogP contribution >= 0.6 is 11.8 Å². The lowest BCUT2D eigenvalue weighted by atomic mass is 10.4. The summed E-state index contributed by atoms with van der Waals surface area (Å²) >= 11 is 1.36. The monoisotopic (exact) mass is 266 g/mol. The fraction of sp³-hybridized carbons (Fsp3) is 0.750. The molecule has 1 aliphatic rings. The van der Waals surface area contributed by atoms with Gasteiger partial charge in [0.1, 0.15) is 16.6 Å². The lowest BCUT2D eigenvalue weighted by Crippen LogP contribution is -2.14. The summed E-state index contributed by atoms with van der Waals surface area (Å²) in [5.74, 6) is 0.578. The molecule has 1 saturated heterocycles. The summed E-state index contributed by atoms with van der Waals surface area (Å²) < 4.78 is 16.4. The Bertz CT molecular complexity index is 321. The SMILES string of the molecule is CC1OC(CCS(C)=O)SC1=NOC(N)=O. The van der Waals surface area contributed by atoms with E-state index >= 15 is 0 Å². The van der Waals surface area contributed by atoms with Crippen LogP contribution in [-0.2, 0) is 20.4 Å². The number of hydrogen-bond acceptors (Lipinski definition) is 6. The largest absolute Gasteiger partial charge is 0.430 e. The van der Waals surface area contributed by atoms with E-state index in [0.717, 1.165) is 0 Å². The van der Waals surface area contributed by atoms with Crippen molar-refractivity contribution in [2.45, 2.75) is 24.9 Å². The summed E-state index contributed by atoms with van der Waals surface area (Å²) in [5.41, 5.74) is 4.70. The second-order valence-corrected chi connectivity index (χ2v) is 5.97. The number of nitrogens with zero attached hydrogens (tertiary/aromatic N) is 1. The highest BCUT2D eigenvalue weighted by molar-refractivity contribution is 8.14. The molecule has 92 valence electrons. The van der Waals surface area contributed by atoms with Crippen LogP contribution in [0.4, 0.5) is 4.79 Å². The first kappa shape index (κ1) is 13.5. The van der Waals surface area contributed by atoms with Gasteiger partial charge in [0.15, 0.2) is 0 Å². The van der Waals surface area contributed by atoms with E-state index in [1.54, 1.807) is 13.2 Å². The molecule has 0 radical (unpaired) electrons. The van der Waals surface area contributed by atoms with E-state index < -0.39 is 16.9 Å². The van der Waals surface area contributed by atoms with Crippen molar-refractivity contribution in [1.29, 1.82) is 0 Å². The van der Waals surface area contributed by atoms with Crippen molar-refractivity contribution in [3.8, 4) is 0 Å². The van der Waals surface area contributed by atoms with Crippen molar-refractivity contribution in [1.82, 2.24) is 0 Å². The zero-order chi connectivity index (χ0) is 12.1. The Morgan fingerprint density at radius 2 is 2.44 bits per heavy atom. The first-order chi connectivity index (χ1) is 7.49. The highest BCUT2D eigenvalue weighted by Crippen LogP contribution is 2.30. The van der Waals surface area contributed by atoms with Crippen LogP contribution in [0.3, 0.4) is 0 Å². The predicted molar refractivity (Wildman–Crippen MR) is 63.6 cm³/mol. The third-order valence-corrected chi connectivity index (χ3v) is 3.89. The van der Waals surface area contributed by atoms with Crippen LogP contribution in [0.25, 0.3) is 0 Å². The van der Waals surface area contributed by atoms with Crippen LogP contribution in [0.5, 0.6) is 0 Å². The molecule has 0 aromatic heterocycles. The van der Waals surface area contributed by atoms with Crippen molar-refractivity contribution in [3.63, 3.8) is 0 Å². The fourth-order valence-corrected chi connectivity index (χ4v) is 2.87. The lowest BCUT2D eigenvalue weighted by molar-refractivity contribution is 0.0961. The van der Waals surface area contributed by atoms with Crippen LogP contribution in [0.2, 0.25) is 0 Å². The maximum absolute atomic E-state index is 10.9. The molecular formula is C8H14N2O4S2. The van der Waals surface area contributed by atoms with Gasteiger partial charge in [0.25, 0.3) is 0 Å². The zero-order valence-corrected chi connectivity index (χ0v) is 10.7. The average Bonchev–Trinajstić information content (AvgIpc) is 2.53. The molecule has 0 spiro atoms. The van der Waals surface area contributed by atoms with Crippen LogP contribution < -0.4 is 5.73 Å². The minimum absolute atomic E-state index is 0.0888. The van der Waals surface area contributed by atoms with Gasteiger partial charge in [-0.3, -0.25) is 9.05 Å². The molecule has 6 nitrogen and oxygen atoms in total. The molecule has 0 aromatic carbocycles. The number of primary amides is 1. The molecular weight excluding hydrogens is 252 g/mol. The normalized spacial score (nSPS) is 29.2. The standard InChI is InChI=1S/C8H14N2O4S2/c1-5-7(10-14-8(9)11)15-6(13-5)3-4-16(2)12/h5-6H,3-4H2,1-2H3,(H2,9,11). The fourth-order valence-electron chi connectivity index (χ4n) is 1.12. The number of carbonyl (C=O) groups is 1. The van der Waals surface area contributed by atoms with Crippen molar-refractivity contribution in [3.05, 3.63) is 0 Å². The van der Waals surface area contributed by atoms with E-state index in [2.05, 4.69) is 9.99 Å². The van der Waals surface area contributed by atoms with E-state index in [9.17, 15) is 9.00 Å². The van der Waals surface area contributed by atoms with Gasteiger partial charge in [-0.25, -0.2) is 4.79 Å². The number of oxime groups is 1. The van der Waals surface area contributed by atoms with Crippen LogP contribution in [-0.4, -0.2) is 38.9 Å². The lowest BCUT2D eigenvalue weighted by Gasteiger charge is -2.06. The summed E-state index contributed by atoms with van der Waals surface area (Å²) in [6.45, 7) is 1.80. The summed E-state index contributed by atoms with van der Waals surface area (Å²) in [7, 11) is -0.834. The molecule has 0 saturated carbocycles. The Morgan fingerprint density at radius 1 is 1.75 bits per heavy atom. The molecule has 3 atom stereocenters. The third kappa shape index (κ3) is 4.50. The van der Waals surface area contributed by atoms with Gasteiger partial charge in [-0.2, -0.15) is 0 Å². The summed E-state index contributed by atoms with van der Waals surface area (Å²) in [4.78, 5) is 14.7. The molecule has 3 unspecified atom stereocenters.